The zero-order valence-corrected chi connectivity index (χ0v) is 8.67. The molecule has 1 aliphatic carbocycles. The first-order valence-corrected chi connectivity index (χ1v) is 5.18. The summed E-state index contributed by atoms with van der Waals surface area (Å²) in [7, 11) is 0. The van der Waals surface area contributed by atoms with Crippen molar-refractivity contribution in [1.82, 2.24) is 0 Å². The van der Waals surface area contributed by atoms with Crippen LogP contribution in [0.15, 0.2) is 24.3 Å². The highest BCUT2D eigenvalue weighted by Crippen LogP contribution is 2.43. The van der Waals surface area contributed by atoms with Gasteiger partial charge in [0.2, 0.25) is 0 Å². The highest BCUT2D eigenvalue weighted by Gasteiger charge is 2.43. The van der Waals surface area contributed by atoms with E-state index in [0.717, 1.165) is 23.4 Å². The SMILES string of the molecule is NCC1(c2cccc(Cl)c2)CC(O)C1. The number of benzene rings is 1. The lowest BCUT2D eigenvalue weighted by molar-refractivity contribution is 0.0222. The summed E-state index contributed by atoms with van der Waals surface area (Å²) in [5.41, 5.74) is 6.87. The third-order valence-corrected chi connectivity index (χ3v) is 3.32. The maximum Gasteiger partial charge on any atom is 0.0558 e. The van der Waals surface area contributed by atoms with Gasteiger partial charge < -0.3 is 10.8 Å². The van der Waals surface area contributed by atoms with Crippen molar-refractivity contribution in [3.8, 4) is 0 Å². The topological polar surface area (TPSA) is 46.2 Å². The van der Waals surface area contributed by atoms with Gasteiger partial charge in [-0.25, -0.2) is 0 Å². The zero-order valence-electron chi connectivity index (χ0n) is 7.91. The van der Waals surface area contributed by atoms with Crippen LogP contribution in [0.5, 0.6) is 0 Å². The minimum atomic E-state index is -0.197. The quantitative estimate of drug-likeness (QED) is 0.782. The molecule has 0 bridgehead atoms. The Morgan fingerprint density at radius 1 is 1.50 bits per heavy atom. The first kappa shape index (κ1) is 9.97. The summed E-state index contributed by atoms with van der Waals surface area (Å²) < 4.78 is 0. The zero-order chi connectivity index (χ0) is 10.2. The summed E-state index contributed by atoms with van der Waals surface area (Å²) in [4.78, 5) is 0. The Hall–Kier alpha value is -0.570. The van der Waals surface area contributed by atoms with E-state index >= 15 is 0 Å². The number of rotatable bonds is 2. The summed E-state index contributed by atoms with van der Waals surface area (Å²) in [6, 6.07) is 7.76. The first-order chi connectivity index (χ1) is 6.66. The Labute approximate surface area is 88.7 Å². The van der Waals surface area contributed by atoms with E-state index in [1.54, 1.807) is 0 Å². The third-order valence-electron chi connectivity index (χ3n) is 3.08. The fourth-order valence-corrected chi connectivity index (χ4v) is 2.37. The van der Waals surface area contributed by atoms with Gasteiger partial charge in [0.25, 0.3) is 0 Å². The minimum absolute atomic E-state index is 0.0374. The molecular formula is C11H14ClNO. The maximum atomic E-state index is 9.36. The van der Waals surface area contributed by atoms with Crippen LogP contribution < -0.4 is 5.73 Å². The van der Waals surface area contributed by atoms with Crippen molar-refractivity contribution >= 4 is 11.6 Å². The van der Waals surface area contributed by atoms with E-state index in [2.05, 4.69) is 0 Å². The number of hydrogen-bond donors (Lipinski definition) is 2. The van der Waals surface area contributed by atoms with Gasteiger partial charge in [0, 0.05) is 17.0 Å². The van der Waals surface area contributed by atoms with E-state index in [1.165, 1.54) is 0 Å². The second kappa shape index (κ2) is 3.54. The molecule has 2 rings (SSSR count). The van der Waals surface area contributed by atoms with Gasteiger partial charge >= 0.3 is 0 Å². The van der Waals surface area contributed by atoms with Crippen molar-refractivity contribution in [2.24, 2.45) is 5.73 Å². The summed E-state index contributed by atoms with van der Waals surface area (Å²) in [6.07, 6.45) is 1.31. The fourth-order valence-electron chi connectivity index (χ4n) is 2.18. The van der Waals surface area contributed by atoms with Crippen LogP contribution in [0.1, 0.15) is 18.4 Å². The van der Waals surface area contributed by atoms with E-state index < -0.39 is 0 Å². The number of aliphatic hydroxyl groups is 1. The molecule has 0 radical (unpaired) electrons. The largest absolute Gasteiger partial charge is 0.393 e. The highest BCUT2D eigenvalue weighted by molar-refractivity contribution is 6.30. The Morgan fingerprint density at radius 3 is 2.71 bits per heavy atom. The number of aliphatic hydroxyl groups excluding tert-OH is 1. The first-order valence-electron chi connectivity index (χ1n) is 4.80. The van der Waals surface area contributed by atoms with Crippen molar-refractivity contribution in [2.75, 3.05) is 6.54 Å². The van der Waals surface area contributed by atoms with Crippen LogP contribution in [-0.4, -0.2) is 17.8 Å². The maximum absolute atomic E-state index is 9.36. The van der Waals surface area contributed by atoms with Gasteiger partial charge in [-0.2, -0.15) is 0 Å². The van der Waals surface area contributed by atoms with Crippen molar-refractivity contribution in [3.63, 3.8) is 0 Å². The van der Waals surface area contributed by atoms with E-state index in [4.69, 9.17) is 17.3 Å². The minimum Gasteiger partial charge on any atom is -0.393 e. The fraction of sp³-hybridized carbons (Fsp3) is 0.455. The Bertz CT molecular complexity index is 334. The molecule has 3 N–H and O–H groups in total. The smallest absolute Gasteiger partial charge is 0.0558 e. The molecule has 14 heavy (non-hydrogen) atoms. The standard InChI is InChI=1S/C11H14ClNO/c12-9-3-1-2-8(4-9)11(7-13)5-10(14)6-11/h1-4,10,14H,5-7,13H2. The van der Waals surface area contributed by atoms with Crippen LogP contribution in [0.3, 0.4) is 0 Å². The predicted molar refractivity (Wildman–Crippen MR) is 57.4 cm³/mol. The average molecular weight is 212 g/mol. The van der Waals surface area contributed by atoms with E-state index in [-0.39, 0.29) is 11.5 Å². The molecule has 1 aromatic carbocycles. The summed E-state index contributed by atoms with van der Waals surface area (Å²) in [5, 5.41) is 10.1. The van der Waals surface area contributed by atoms with Gasteiger partial charge in [0.1, 0.15) is 0 Å². The molecule has 0 saturated heterocycles. The Balaban J connectivity index is 2.29. The van der Waals surface area contributed by atoms with E-state index in [1.807, 2.05) is 24.3 Å². The molecule has 1 aromatic rings. The third kappa shape index (κ3) is 1.54. The van der Waals surface area contributed by atoms with Gasteiger partial charge in [-0.15, -0.1) is 0 Å². The van der Waals surface area contributed by atoms with Gasteiger partial charge in [-0.3, -0.25) is 0 Å². The lowest BCUT2D eigenvalue weighted by atomic mass is 9.63. The van der Waals surface area contributed by atoms with E-state index in [0.29, 0.717) is 6.54 Å². The van der Waals surface area contributed by atoms with Gasteiger partial charge in [-0.1, -0.05) is 23.7 Å². The molecule has 0 aliphatic heterocycles. The van der Waals surface area contributed by atoms with Crippen LogP contribution in [0.25, 0.3) is 0 Å². The van der Waals surface area contributed by atoms with Gasteiger partial charge in [0.05, 0.1) is 6.10 Å². The molecule has 1 saturated carbocycles. The Morgan fingerprint density at radius 2 is 2.21 bits per heavy atom. The molecule has 76 valence electrons. The van der Waals surface area contributed by atoms with Crippen LogP contribution in [0, 0.1) is 0 Å². The van der Waals surface area contributed by atoms with Crippen molar-refractivity contribution in [2.45, 2.75) is 24.4 Å². The van der Waals surface area contributed by atoms with Gasteiger partial charge in [-0.05, 0) is 30.5 Å². The Kier molecular flexibility index (Phi) is 2.52. The lowest BCUT2D eigenvalue weighted by Gasteiger charge is -2.45. The van der Waals surface area contributed by atoms with E-state index in [9.17, 15) is 5.11 Å². The predicted octanol–water partition coefficient (Wildman–Crippen LogP) is 1.69. The monoisotopic (exact) mass is 211 g/mol. The molecule has 0 atom stereocenters. The molecule has 0 spiro atoms. The molecule has 3 heteroatoms. The highest BCUT2D eigenvalue weighted by atomic mass is 35.5. The summed E-state index contributed by atoms with van der Waals surface area (Å²) in [5.74, 6) is 0. The van der Waals surface area contributed by atoms with Crippen molar-refractivity contribution in [1.29, 1.82) is 0 Å². The molecule has 2 nitrogen and oxygen atoms in total. The second-order valence-corrected chi connectivity index (χ2v) is 4.49. The average Bonchev–Trinajstić information content (AvgIpc) is 2.12. The van der Waals surface area contributed by atoms with Crippen molar-refractivity contribution < 1.29 is 5.11 Å². The molecule has 0 amide bonds. The molecule has 0 heterocycles. The van der Waals surface area contributed by atoms with Crippen LogP contribution in [0.4, 0.5) is 0 Å². The molecule has 1 fully saturated rings. The summed E-state index contributed by atoms with van der Waals surface area (Å²) >= 11 is 5.92. The normalized spacial score (nSPS) is 31.2. The number of nitrogens with two attached hydrogens (primary N) is 1. The molecule has 1 aliphatic rings. The van der Waals surface area contributed by atoms with Crippen LogP contribution >= 0.6 is 11.6 Å². The molecule has 0 unspecified atom stereocenters. The van der Waals surface area contributed by atoms with Crippen LogP contribution in [0.2, 0.25) is 5.02 Å². The van der Waals surface area contributed by atoms with Gasteiger partial charge in [0.15, 0.2) is 0 Å². The number of hydrogen-bond acceptors (Lipinski definition) is 2. The van der Waals surface area contributed by atoms with Crippen LogP contribution in [-0.2, 0) is 5.41 Å². The lowest BCUT2D eigenvalue weighted by Crippen LogP contribution is -2.49. The number of halogens is 1. The second-order valence-electron chi connectivity index (χ2n) is 4.06. The molecule has 0 aromatic heterocycles. The summed E-state index contributed by atoms with van der Waals surface area (Å²) in [6.45, 7) is 0.574. The van der Waals surface area contributed by atoms with Crippen molar-refractivity contribution in [3.05, 3.63) is 34.9 Å². The molecular weight excluding hydrogens is 198 g/mol.